The highest BCUT2D eigenvalue weighted by Gasteiger charge is 2.17. The fourth-order valence-electron chi connectivity index (χ4n) is 0.974. The molecule has 0 aliphatic heterocycles. The van der Waals surface area contributed by atoms with Crippen LogP contribution in [-0.4, -0.2) is 29.7 Å². The van der Waals surface area contributed by atoms with Gasteiger partial charge in [0.15, 0.2) is 5.78 Å². The Kier molecular flexibility index (Phi) is 6.00. The molecule has 0 spiro atoms. The molecule has 0 aromatic heterocycles. The van der Waals surface area contributed by atoms with Gasteiger partial charge in [-0.1, -0.05) is 46.3 Å². The lowest BCUT2D eigenvalue weighted by atomic mass is 10.1. The summed E-state index contributed by atoms with van der Waals surface area (Å²) < 4.78 is 0. The Morgan fingerprint density at radius 2 is 1.79 bits per heavy atom. The number of hydrogen-bond acceptors (Lipinski definition) is 2. The van der Waals surface area contributed by atoms with Gasteiger partial charge in [-0.05, 0) is 14.1 Å². The topological polar surface area (TPSA) is 20.3 Å². The molecule has 0 amide bonds. The molecule has 1 aromatic carbocycles. The van der Waals surface area contributed by atoms with Gasteiger partial charge in [0, 0.05) is 5.56 Å². The average Bonchev–Trinajstić information content (AvgIpc) is 2.17. The number of ketones is 1. The second kappa shape index (κ2) is 6.17. The number of benzene rings is 1. The van der Waals surface area contributed by atoms with E-state index in [9.17, 15) is 4.79 Å². The summed E-state index contributed by atoms with van der Waals surface area (Å²) in [5.74, 6) is 0.0885. The summed E-state index contributed by atoms with van der Waals surface area (Å²) in [4.78, 5) is 13.3. The number of rotatable bonds is 3. The number of carbonyl (C=O) groups is 1. The molecular formula is C10H13BrClNO. The minimum Gasteiger partial charge on any atom is -0.291 e. The van der Waals surface area contributed by atoms with Crippen LogP contribution in [0.25, 0.3) is 0 Å². The Hall–Kier alpha value is -0.380. The lowest BCUT2D eigenvalue weighted by Crippen LogP contribution is -2.30. The first-order valence-electron chi connectivity index (χ1n) is 4.02. The van der Waals surface area contributed by atoms with Crippen molar-refractivity contribution in [3.05, 3.63) is 35.9 Å². The molecule has 0 heterocycles. The lowest BCUT2D eigenvalue weighted by molar-refractivity contribution is 0.0941. The van der Waals surface area contributed by atoms with Gasteiger partial charge in [-0.2, -0.15) is 0 Å². The van der Waals surface area contributed by atoms with E-state index >= 15 is 0 Å². The zero-order valence-corrected chi connectivity index (χ0v) is 10.5. The van der Waals surface area contributed by atoms with Crippen LogP contribution in [0.4, 0.5) is 0 Å². The first kappa shape index (κ1) is 13.6. The smallest absolute Gasteiger partial charge is 0.190 e. The summed E-state index contributed by atoms with van der Waals surface area (Å²) in [7, 11) is 3.72. The van der Waals surface area contributed by atoms with Crippen LogP contribution in [0, 0.1) is 0 Å². The molecule has 0 radical (unpaired) electrons. The molecule has 0 saturated heterocycles. The molecule has 14 heavy (non-hydrogen) atoms. The van der Waals surface area contributed by atoms with Crippen LogP contribution in [0.2, 0.25) is 0 Å². The summed E-state index contributed by atoms with van der Waals surface area (Å²) >= 11 is 3.32. The van der Waals surface area contributed by atoms with E-state index in [1.54, 1.807) is 0 Å². The molecule has 4 heteroatoms. The maximum absolute atomic E-state index is 11.7. The van der Waals surface area contributed by atoms with Crippen LogP contribution < -0.4 is 0 Å². The van der Waals surface area contributed by atoms with Crippen molar-refractivity contribution in [3.63, 3.8) is 0 Å². The zero-order valence-electron chi connectivity index (χ0n) is 8.11. The predicted molar refractivity (Wildman–Crippen MR) is 64.4 cm³/mol. The summed E-state index contributed by atoms with van der Waals surface area (Å²) in [5, 5.41) is 0. The molecule has 0 N–H and O–H groups in total. The Morgan fingerprint density at radius 3 is 2.21 bits per heavy atom. The summed E-state index contributed by atoms with van der Waals surface area (Å²) in [6.07, 6.45) is 0. The van der Waals surface area contributed by atoms with Crippen LogP contribution >= 0.6 is 28.3 Å². The van der Waals surface area contributed by atoms with Crippen molar-refractivity contribution < 1.29 is 4.79 Å². The van der Waals surface area contributed by atoms with Crippen molar-refractivity contribution >= 4 is 34.1 Å². The van der Waals surface area contributed by atoms with Crippen LogP contribution in [0.1, 0.15) is 10.4 Å². The van der Waals surface area contributed by atoms with E-state index in [2.05, 4.69) is 15.9 Å². The van der Waals surface area contributed by atoms with E-state index in [4.69, 9.17) is 0 Å². The Morgan fingerprint density at radius 1 is 1.29 bits per heavy atom. The van der Waals surface area contributed by atoms with Gasteiger partial charge < -0.3 is 0 Å². The molecule has 1 unspecified atom stereocenters. The minimum absolute atomic E-state index is 0. The van der Waals surface area contributed by atoms with E-state index in [1.807, 2.05) is 49.3 Å². The van der Waals surface area contributed by atoms with E-state index in [0.29, 0.717) is 0 Å². The van der Waals surface area contributed by atoms with E-state index in [-0.39, 0.29) is 23.1 Å². The third-order valence-corrected chi connectivity index (χ3v) is 2.96. The Labute approximate surface area is 98.8 Å². The lowest BCUT2D eigenvalue weighted by Gasteiger charge is -2.16. The van der Waals surface area contributed by atoms with Crippen molar-refractivity contribution in [2.45, 2.75) is 4.95 Å². The van der Waals surface area contributed by atoms with Crippen molar-refractivity contribution in [1.29, 1.82) is 0 Å². The van der Waals surface area contributed by atoms with E-state index in [1.165, 1.54) is 0 Å². The number of Topliss-reactive ketones (excluding diaryl/α,β-unsaturated/α-hetero) is 1. The maximum Gasteiger partial charge on any atom is 0.190 e. The van der Waals surface area contributed by atoms with Gasteiger partial charge >= 0.3 is 0 Å². The quantitative estimate of drug-likeness (QED) is 0.481. The molecule has 0 fully saturated rings. The van der Waals surface area contributed by atoms with Gasteiger partial charge in [-0.25, -0.2) is 0 Å². The summed E-state index contributed by atoms with van der Waals surface area (Å²) in [6, 6.07) is 9.26. The zero-order chi connectivity index (χ0) is 9.84. The fraction of sp³-hybridized carbons (Fsp3) is 0.300. The first-order valence-corrected chi connectivity index (χ1v) is 4.94. The molecule has 0 aliphatic carbocycles. The number of likely N-dealkylation sites (N-methyl/N-ethyl adjacent to an activating group) is 1. The van der Waals surface area contributed by atoms with Crippen LogP contribution in [0.3, 0.4) is 0 Å². The highest BCUT2D eigenvalue weighted by atomic mass is 79.9. The molecule has 1 rings (SSSR count). The predicted octanol–water partition coefficient (Wildman–Crippen LogP) is 2.57. The number of alkyl halides is 1. The summed E-state index contributed by atoms with van der Waals surface area (Å²) in [5.41, 5.74) is 0.734. The van der Waals surface area contributed by atoms with Gasteiger partial charge in [0.1, 0.15) is 4.95 Å². The highest BCUT2D eigenvalue weighted by molar-refractivity contribution is 9.09. The highest BCUT2D eigenvalue weighted by Crippen LogP contribution is 2.11. The molecule has 1 atom stereocenters. The molecule has 0 bridgehead atoms. The van der Waals surface area contributed by atoms with Crippen LogP contribution in [0.5, 0.6) is 0 Å². The second-order valence-electron chi connectivity index (χ2n) is 3.03. The number of halogens is 2. The van der Waals surface area contributed by atoms with Crippen molar-refractivity contribution in [1.82, 2.24) is 4.90 Å². The minimum atomic E-state index is -0.241. The third-order valence-electron chi connectivity index (χ3n) is 1.73. The Bertz CT molecular complexity index is 289. The van der Waals surface area contributed by atoms with Crippen LogP contribution in [-0.2, 0) is 0 Å². The molecular weight excluding hydrogens is 265 g/mol. The Balaban J connectivity index is 0.00000169. The van der Waals surface area contributed by atoms with Gasteiger partial charge in [0.05, 0.1) is 0 Å². The van der Waals surface area contributed by atoms with Crippen molar-refractivity contribution in [2.75, 3.05) is 14.1 Å². The van der Waals surface area contributed by atoms with Crippen LogP contribution in [0.15, 0.2) is 30.3 Å². The number of carbonyl (C=O) groups excluding carboxylic acids is 1. The van der Waals surface area contributed by atoms with Crippen molar-refractivity contribution in [3.8, 4) is 0 Å². The third kappa shape index (κ3) is 3.40. The molecule has 2 nitrogen and oxygen atoms in total. The van der Waals surface area contributed by atoms with Gasteiger partial charge in [-0.15, -0.1) is 12.4 Å². The second-order valence-corrected chi connectivity index (χ2v) is 3.90. The van der Waals surface area contributed by atoms with Gasteiger partial charge in [-0.3, -0.25) is 9.69 Å². The SMILES string of the molecule is CN(C)C(Br)C(=O)c1ccccc1.Cl. The van der Waals surface area contributed by atoms with E-state index in [0.717, 1.165) is 5.56 Å². The summed E-state index contributed by atoms with van der Waals surface area (Å²) in [6.45, 7) is 0. The first-order chi connectivity index (χ1) is 6.13. The standard InChI is InChI=1S/C10H12BrNO.ClH/c1-12(2)10(11)9(13)8-6-4-3-5-7-8;/h3-7,10H,1-2H3;1H. The van der Waals surface area contributed by atoms with Gasteiger partial charge in [0.25, 0.3) is 0 Å². The largest absolute Gasteiger partial charge is 0.291 e. The molecule has 1 aromatic rings. The fourth-order valence-corrected chi connectivity index (χ4v) is 1.24. The molecule has 0 aliphatic rings. The normalized spacial score (nSPS) is 12.0. The maximum atomic E-state index is 11.7. The van der Waals surface area contributed by atoms with Gasteiger partial charge in [0.2, 0.25) is 0 Å². The number of nitrogens with zero attached hydrogens (tertiary/aromatic N) is 1. The monoisotopic (exact) mass is 277 g/mol. The van der Waals surface area contributed by atoms with Crippen molar-refractivity contribution in [2.24, 2.45) is 0 Å². The van der Waals surface area contributed by atoms with E-state index < -0.39 is 0 Å². The molecule has 78 valence electrons. The molecule has 0 saturated carbocycles. The average molecular weight is 279 g/mol. The number of hydrogen-bond donors (Lipinski definition) is 0.